The molecule has 2 heterocycles. The molecule has 0 saturated carbocycles. The molecule has 2 unspecified atom stereocenters. The Kier molecular flexibility index (Phi) is 5.53. The maximum atomic E-state index is 12.9. The van der Waals surface area contributed by atoms with Gasteiger partial charge in [0.15, 0.2) is 0 Å². The number of benzene rings is 2. The maximum absolute atomic E-state index is 12.9. The summed E-state index contributed by atoms with van der Waals surface area (Å²) in [4.78, 5) is 34.1. The number of rotatable bonds is 5. The number of carboxylic acids is 1. The molecule has 2 N–H and O–H groups in total. The number of imidazole rings is 1. The van der Waals surface area contributed by atoms with E-state index in [1.54, 1.807) is 24.3 Å². The number of likely N-dealkylation sites (tertiary alicyclic amines) is 1. The molecule has 1 aliphatic heterocycles. The molecule has 6 nitrogen and oxygen atoms in total. The van der Waals surface area contributed by atoms with Gasteiger partial charge in [0, 0.05) is 36.5 Å². The van der Waals surface area contributed by atoms with Gasteiger partial charge in [-0.25, -0.2) is 4.98 Å². The van der Waals surface area contributed by atoms with E-state index in [1.807, 2.05) is 29.2 Å². The summed E-state index contributed by atoms with van der Waals surface area (Å²) in [5, 5.41) is 9.91. The van der Waals surface area contributed by atoms with Crippen LogP contribution in [0.15, 0.2) is 48.5 Å². The lowest BCUT2D eigenvalue weighted by Gasteiger charge is -2.38. The van der Waals surface area contributed by atoms with Crippen molar-refractivity contribution < 1.29 is 14.7 Å². The van der Waals surface area contributed by atoms with Gasteiger partial charge in [-0.3, -0.25) is 9.59 Å². The lowest BCUT2D eigenvalue weighted by molar-refractivity contribution is -0.139. The number of nitrogens with zero attached hydrogens (tertiary/aromatic N) is 2. The summed E-state index contributed by atoms with van der Waals surface area (Å²) in [5.74, 6) is 0.00570. The van der Waals surface area contributed by atoms with Gasteiger partial charge in [-0.2, -0.15) is 0 Å². The van der Waals surface area contributed by atoms with Gasteiger partial charge in [-0.15, -0.1) is 0 Å². The lowest BCUT2D eigenvalue weighted by atomic mass is 9.81. The highest BCUT2D eigenvalue weighted by molar-refractivity contribution is 6.30. The van der Waals surface area contributed by atoms with E-state index in [0.29, 0.717) is 36.5 Å². The second-order valence-electron chi connectivity index (χ2n) is 7.57. The van der Waals surface area contributed by atoms with E-state index in [0.717, 1.165) is 16.9 Å². The van der Waals surface area contributed by atoms with Crippen molar-refractivity contribution >= 4 is 34.5 Å². The highest BCUT2D eigenvalue weighted by Gasteiger charge is 2.33. The third kappa shape index (κ3) is 4.43. The number of halogens is 1. The smallest absolute Gasteiger partial charge is 0.303 e. The standard InChI is InChI=1S/C22H22ClN3O3/c23-17-7-5-14(6-8-17)22(29)26-10-9-15(12-21(27)28)16(13-26)11-20-24-18-3-1-2-4-19(18)25-20/h1-8,15-16H,9-13H2,(H,24,25)(H,27,28). The number of carbonyl (C=O) groups excluding carboxylic acids is 1. The summed E-state index contributed by atoms with van der Waals surface area (Å²) in [5.41, 5.74) is 2.44. The molecule has 2 atom stereocenters. The Hall–Kier alpha value is -2.86. The largest absolute Gasteiger partial charge is 0.481 e. The average Bonchev–Trinajstić information content (AvgIpc) is 3.11. The van der Waals surface area contributed by atoms with Crippen molar-refractivity contribution in [1.82, 2.24) is 14.9 Å². The lowest BCUT2D eigenvalue weighted by Crippen LogP contribution is -2.45. The van der Waals surface area contributed by atoms with Crippen molar-refractivity contribution in [3.63, 3.8) is 0 Å². The fourth-order valence-electron chi connectivity index (χ4n) is 4.12. The summed E-state index contributed by atoms with van der Waals surface area (Å²) < 4.78 is 0. The molecule has 0 bridgehead atoms. The topological polar surface area (TPSA) is 86.3 Å². The van der Waals surface area contributed by atoms with E-state index < -0.39 is 5.97 Å². The van der Waals surface area contributed by atoms with E-state index in [4.69, 9.17) is 11.6 Å². The summed E-state index contributed by atoms with van der Waals surface area (Å²) >= 11 is 5.93. The van der Waals surface area contributed by atoms with E-state index >= 15 is 0 Å². The van der Waals surface area contributed by atoms with Crippen molar-refractivity contribution in [3.05, 3.63) is 64.9 Å². The average molecular weight is 412 g/mol. The number of para-hydroxylation sites is 2. The molecular weight excluding hydrogens is 390 g/mol. The van der Waals surface area contributed by atoms with Crippen LogP contribution in [-0.2, 0) is 11.2 Å². The SMILES string of the molecule is O=C(O)CC1CCN(C(=O)c2ccc(Cl)cc2)CC1Cc1nc2ccccc2[nH]1. The second-order valence-corrected chi connectivity index (χ2v) is 8.01. The number of fused-ring (bicyclic) bond motifs is 1. The van der Waals surface area contributed by atoms with Gasteiger partial charge < -0.3 is 15.0 Å². The quantitative estimate of drug-likeness (QED) is 0.664. The number of amides is 1. The van der Waals surface area contributed by atoms with E-state index in [2.05, 4.69) is 9.97 Å². The fourth-order valence-corrected chi connectivity index (χ4v) is 4.24. The fraction of sp³-hybridized carbons (Fsp3) is 0.318. The summed E-state index contributed by atoms with van der Waals surface area (Å²) in [6.45, 7) is 1.06. The highest BCUT2D eigenvalue weighted by atomic mass is 35.5. The third-order valence-electron chi connectivity index (χ3n) is 5.60. The maximum Gasteiger partial charge on any atom is 0.303 e. The van der Waals surface area contributed by atoms with Crippen molar-refractivity contribution in [2.75, 3.05) is 13.1 Å². The summed E-state index contributed by atoms with van der Waals surface area (Å²) in [6, 6.07) is 14.7. The molecule has 1 fully saturated rings. The molecule has 1 aromatic heterocycles. The van der Waals surface area contributed by atoms with Crippen LogP contribution in [0.5, 0.6) is 0 Å². The van der Waals surface area contributed by atoms with Gasteiger partial charge in [0.05, 0.1) is 11.0 Å². The summed E-state index contributed by atoms with van der Waals surface area (Å²) in [7, 11) is 0. The van der Waals surface area contributed by atoms with Crippen molar-refractivity contribution in [3.8, 4) is 0 Å². The van der Waals surface area contributed by atoms with E-state index in [1.165, 1.54) is 0 Å². The Labute approximate surface area is 173 Å². The number of nitrogens with one attached hydrogen (secondary N) is 1. The molecule has 1 saturated heterocycles. The van der Waals surface area contributed by atoms with Crippen LogP contribution in [0.1, 0.15) is 29.0 Å². The predicted molar refractivity (Wildman–Crippen MR) is 111 cm³/mol. The Morgan fingerprint density at radius 3 is 2.62 bits per heavy atom. The minimum Gasteiger partial charge on any atom is -0.481 e. The molecule has 4 rings (SSSR count). The number of aromatic amines is 1. The Balaban J connectivity index is 1.54. The molecule has 29 heavy (non-hydrogen) atoms. The summed E-state index contributed by atoms with van der Waals surface area (Å²) in [6.07, 6.45) is 1.38. The Bertz CT molecular complexity index is 998. The highest BCUT2D eigenvalue weighted by Crippen LogP contribution is 2.30. The van der Waals surface area contributed by atoms with Crippen LogP contribution in [0.25, 0.3) is 11.0 Å². The van der Waals surface area contributed by atoms with Crippen molar-refractivity contribution in [2.45, 2.75) is 19.3 Å². The first kappa shape index (κ1) is 19.5. The van der Waals surface area contributed by atoms with Crippen LogP contribution in [0.2, 0.25) is 5.02 Å². The third-order valence-corrected chi connectivity index (χ3v) is 5.85. The van der Waals surface area contributed by atoms with Gasteiger partial charge in [0.2, 0.25) is 0 Å². The molecular formula is C22H22ClN3O3. The van der Waals surface area contributed by atoms with Gasteiger partial charge >= 0.3 is 5.97 Å². The van der Waals surface area contributed by atoms with Gasteiger partial charge in [-0.1, -0.05) is 23.7 Å². The molecule has 1 aliphatic rings. The molecule has 0 aliphatic carbocycles. The van der Waals surface area contributed by atoms with Crippen LogP contribution in [0.3, 0.4) is 0 Å². The van der Waals surface area contributed by atoms with Crippen molar-refractivity contribution in [1.29, 1.82) is 0 Å². The molecule has 3 aromatic rings. The first-order valence-electron chi connectivity index (χ1n) is 9.70. The van der Waals surface area contributed by atoms with E-state index in [-0.39, 0.29) is 24.2 Å². The molecule has 0 spiro atoms. The molecule has 1 amide bonds. The first-order chi connectivity index (χ1) is 14.0. The zero-order valence-corrected chi connectivity index (χ0v) is 16.6. The molecule has 0 radical (unpaired) electrons. The van der Waals surface area contributed by atoms with Gasteiger partial charge in [0.25, 0.3) is 5.91 Å². The Morgan fingerprint density at radius 1 is 1.14 bits per heavy atom. The van der Waals surface area contributed by atoms with Crippen LogP contribution < -0.4 is 0 Å². The Morgan fingerprint density at radius 2 is 1.90 bits per heavy atom. The minimum absolute atomic E-state index is 0.00924. The number of hydrogen-bond donors (Lipinski definition) is 2. The van der Waals surface area contributed by atoms with Crippen LogP contribution in [0, 0.1) is 11.8 Å². The van der Waals surface area contributed by atoms with Crippen LogP contribution >= 0.6 is 11.6 Å². The van der Waals surface area contributed by atoms with Gasteiger partial charge in [-0.05, 0) is 54.7 Å². The number of H-pyrrole nitrogens is 1. The number of aliphatic carboxylic acids is 1. The number of carbonyl (C=O) groups is 2. The van der Waals surface area contributed by atoms with Crippen LogP contribution in [0.4, 0.5) is 0 Å². The van der Waals surface area contributed by atoms with Crippen LogP contribution in [-0.4, -0.2) is 44.9 Å². The monoisotopic (exact) mass is 411 g/mol. The number of aromatic nitrogens is 2. The molecule has 2 aromatic carbocycles. The van der Waals surface area contributed by atoms with E-state index in [9.17, 15) is 14.7 Å². The van der Waals surface area contributed by atoms with Crippen molar-refractivity contribution in [2.24, 2.45) is 11.8 Å². The predicted octanol–water partition coefficient (Wildman–Crippen LogP) is 4.01. The second kappa shape index (κ2) is 8.25. The molecule has 7 heteroatoms. The minimum atomic E-state index is -0.804. The van der Waals surface area contributed by atoms with Gasteiger partial charge in [0.1, 0.15) is 5.82 Å². The normalized spacial score (nSPS) is 19.4. The zero-order chi connectivity index (χ0) is 20.4. The number of hydrogen-bond acceptors (Lipinski definition) is 3. The zero-order valence-electron chi connectivity index (χ0n) is 15.8. The number of carboxylic acid groups (broad SMARTS) is 1. The molecule has 150 valence electrons. The number of piperidine rings is 1. The first-order valence-corrected chi connectivity index (χ1v) is 10.1.